The van der Waals surface area contributed by atoms with Crippen molar-refractivity contribution in [2.24, 2.45) is 5.92 Å². The molecule has 0 aliphatic rings. The lowest BCUT2D eigenvalue weighted by molar-refractivity contribution is -0.126. The van der Waals surface area contributed by atoms with Gasteiger partial charge in [-0.1, -0.05) is 37.0 Å². The summed E-state index contributed by atoms with van der Waals surface area (Å²) in [5, 5.41) is 3.37. The van der Waals surface area contributed by atoms with Gasteiger partial charge in [-0.05, 0) is 25.0 Å². The zero-order chi connectivity index (χ0) is 14.6. The van der Waals surface area contributed by atoms with Gasteiger partial charge in [0.25, 0.3) is 5.91 Å². The zero-order valence-electron chi connectivity index (χ0n) is 11.2. The van der Waals surface area contributed by atoms with Crippen molar-refractivity contribution in [1.82, 2.24) is 0 Å². The molecule has 1 unspecified atom stereocenters. The SMILES string of the molecule is CC(C)COC(C)C(=O)Nc1c(N)cc(Cl)cc1Cl. The molecule has 0 aromatic heterocycles. The number of hydrogen-bond donors (Lipinski definition) is 2. The second-order valence-electron chi connectivity index (χ2n) is 4.71. The van der Waals surface area contributed by atoms with Gasteiger partial charge in [0.05, 0.1) is 16.4 Å². The molecule has 106 valence electrons. The molecule has 0 radical (unpaired) electrons. The number of nitrogens with one attached hydrogen (secondary N) is 1. The van der Waals surface area contributed by atoms with Crippen molar-refractivity contribution in [3.8, 4) is 0 Å². The molecule has 1 amide bonds. The highest BCUT2D eigenvalue weighted by atomic mass is 35.5. The summed E-state index contributed by atoms with van der Waals surface area (Å²) in [6, 6.07) is 3.05. The van der Waals surface area contributed by atoms with Crippen LogP contribution in [-0.2, 0) is 9.53 Å². The molecule has 0 aliphatic carbocycles. The number of nitrogens with two attached hydrogens (primary N) is 1. The third-order valence-electron chi connectivity index (χ3n) is 2.38. The fourth-order valence-electron chi connectivity index (χ4n) is 1.36. The normalized spacial score (nSPS) is 12.5. The van der Waals surface area contributed by atoms with Crippen LogP contribution in [0.4, 0.5) is 11.4 Å². The van der Waals surface area contributed by atoms with Crippen LogP contribution in [0, 0.1) is 5.92 Å². The fourth-order valence-corrected chi connectivity index (χ4v) is 1.92. The Labute approximate surface area is 123 Å². The second kappa shape index (κ2) is 6.98. The molecule has 6 heteroatoms. The summed E-state index contributed by atoms with van der Waals surface area (Å²) >= 11 is 11.8. The summed E-state index contributed by atoms with van der Waals surface area (Å²) in [6.45, 7) is 6.22. The average Bonchev–Trinajstić information content (AvgIpc) is 2.30. The Morgan fingerprint density at radius 3 is 2.53 bits per heavy atom. The van der Waals surface area contributed by atoms with E-state index in [1.165, 1.54) is 12.1 Å². The first kappa shape index (κ1) is 16.1. The predicted octanol–water partition coefficient (Wildman–Crippen LogP) is 3.58. The molecule has 0 spiro atoms. The summed E-state index contributed by atoms with van der Waals surface area (Å²) in [7, 11) is 0. The highest BCUT2D eigenvalue weighted by Crippen LogP contribution is 2.32. The van der Waals surface area contributed by atoms with Crippen molar-refractivity contribution < 1.29 is 9.53 Å². The first-order valence-electron chi connectivity index (χ1n) is 5.98. The van der Waals surface area contributed by atoms with Gasteiger partial charge in [0, 0.05) is 11.6 Å². The lowest BCUT2D eigenvalue weighted by Crippen LogP contribution is -2.29. The van der Waals surface area contributed by atoms with Crippen molar-refractivity contribution in [3.05, 3.63) is 22.2 Å². The maximum absolute atomic E-state index is 11.9. The maximum atomic E-state index is 11.9. The number of carbonyl (C=O) groups is 1. The van der Waals surface area contributed by atoms with Crippen LogP contribution in [0.15, 0.2) is 12.1 Å². The zero-order valence-corrected chi connectivity index (χ0v) is 12.7. The van der Waals surface area contributed by atoms with Crippen LogP contribution in [0.25, 0.3) is 0 Å². The number of halogens is 2. The summed E-state index contributed by atoms with van der Waals surface area (Å²) in [5.41, 5.74) is 6.45. The van der Waals surface area contributed by atoms with Gasteiger partial charge in [-0.25, -0.2) is 0 Å². The van der Waals surface area contributed by atoms with Gasteiger partial charge >= 0.3 is 0 Å². The van der Waals surface area contributed by atoms with Crippen LogP contribution in [0.1, 0.15) is 20.8 Å². The van der Waals surface area contributed by atoms with E-state index in [2.05, 4.69) is 5.32 Å². The van der Waals surface area contributed by atoms with Crippen LogP contribution in [-0.4, -0.2) is 18.6 Å². The summed E-state index contributed by atoms with van der Waals surface area (Å²) in [5.74, 6) is 0.0658. The number of amides is 1. The quantitative estimate of drug-likeness (QED) is 0.817. The summed E-state index contributed by atoms with van der Waals surface area (Å²) < 4.78 is 5.42. The van der Waals surface area contributed by atoms with Crippen molar-refractivity contribution in [1.29, 1.82) is 0 Å². The van der Waals surface area contributed by atoms with Gasteiger partial charge in [-0.2, -0.15) is 0 Å². The van der Waals surface area contributed by atoms with Crippen LogP contribution < -0.4 is 11.1 Å². The van der Waals surface area contributed by atoms with Gasteiger partial charge in [0.1, 0.15) is 6.10 Å². The Morgan fingerprint density at radius 2 is 2.00 bits per heavy atom. The number of rotatable bonds is 5. The Hall–Kier alpha value is -0.970. The van der Waals surface area contributed by atoms with E-state index in [0.29, 0.717) is 33.9 Å². The molecule has 3 N–H and O–H groups in total. The second-order valence-corrected chi connectivity index (χ2v) is 5.55. The van der Waals surface area contributed by atoms with Crippen LogP contribution in [0.3, 0.4) is 0 Å². The first-order valence-corrected chi connectivity index (χ1v) is 6.73. The number of nitrogen functional groups attached to an aromatic ring is 1. The Bertz CT molecular complexity index is 441. The minimum atomic E-state index is -0.575. The van der Waals surface area contributed by atoms with Gasteiger partial charge in [-0.3, -0.25) is 4.79 Å². The predicted molar refractivity (Wildman–Crippen MR) is 79.8 cm³/mol. The lowest BCUT2D eigenvalue weighted by Gasteiger charge is -2.16. The fraction of sp³-hybridized carbons (Fsp3) is 0.462. The van der Waals surface area contributed by atoms with Crippen molar-refractivity contribution in [3.63, 3.8) is 0 Å². The minimum Gasteiger partial charge on any atom is -0.397 e. The monoisotopic (exact) mass is 304 g/mol. The minimum absolute atomic E-state index is 0.295. The van der Waals surface area contributed by atoms with Crippen LogP contribution in [0.2, 0.25) is 10.0 Å². The number of benzene rings is 1. The number of hydrogen-bond acceptors (Lipinski definition) is 3. The molecule has 19 heavy (non-hydrogen) atoms. The van der Waals surface area contributed by atoms with Gasteiger partial charge in [0.15, 0.2) is 0 Å². The Balaban J connectivity index is 2.72. The molecule has 1 aromatic carbocycles. The number of ether oxygens (including phenoxy) is 1. The highest BCUT2D eigenvalue weighted by molar-refractivity contribution is 6.37. The highest BCUT2D eigenvalue weighted by Gasteiger charge is 2.17. The van der Waals surface area contributed by atoms with Crippen molar-refractivity contribution in [2.45, 2.75) is 26.9 Å². The van der Waals surface area contributed by atoms with E-state index in [-0.39, 0.29) is 5.91 Å². The van der Waals surface area contributed by atoms with Gasteiger partial charge in [0.2, 0.25) is 0 Å². The number of carbonyl (C=O) groups excluding carboxylic acids is 1. The first-order chi connectivity index (χ1) is 8.81. The molecule has 0 bridgehead atoms. The lowest BCUT2D eigenvalue weighted by atomic mass is 10.2. The largest absolute Gasteiger partial charge is 0.397 e. The summed E-state index contributed by atoms with van der Waals surface area (Å²) in [6.07, 6.45) is -0.575. The molecule has 1 aromatic rings. The van der Waals surface area contributed by atoms with E-state index in [9.17, 15) is 4.79 Å². The van der Waals surface area contributed by atoms with E-state index in [1.807, 2.05) is 13.8 Å². The van der Waals surface area contributed by atoms with E-state index >= 15 is 0 Å². The molecule has 1 rings (SSSR count). The molecule has 0 heterocycles. The van der Waals surface area contributed by atoms with Crippen LogP contribution >= 0.6 is 23.2 Å². The third kappa shape index (κ3) is 4.90. The maximum Gasteiger partial charge on any atom is 0.253 e. The summed E-state index contributed by atoms with van der Waals surface area (Å²) in [4.78, 5) is 11.9. The van der Waals surface area contributed by atoms with Crippen molar-refractivity contribution >= 4 is 40.5 Å². The molecular weight excluding hydrogens is 287 g/mol. The third-order valence-corrected chi connectivity index (χ3v) is 2.90. The van der Waals surface area contributed by atoms with Gasteiger partial charge in [-0.15, -0.1) is 0 Å². The standard InChI is InChI=1S/C13H18Cl2N2O2/c1-7(2)6-19-8(3)13(18)17-12-10(15)4-9(14)5-11(12)16/h4-5,7-8H,6,16H2,1-3H3,(H,17,18). The Morgan fingerprint density at radius 1 is 1.37 bits per heavy atom. The molecule has 0 fully saturated rings. The van der Waals surface area contributed by atoms with E-state index in [0.717, 1.165) is 0 Å². The van der Waals surface area contributed by atoms with E-state index < -0.39 is 6.10 Å². The van der Waals surface area contributed by atoms with Crippen LogP contribution in [0.5, 0.6) is 0 Å². The number of anilines is 2. The molecule has 0 aliphatic heterocycles. The van der Waals surface area contributed by atoms with Crippen molar-refractivity contribution in [2.75, 3.05) is 17.7 Å². The average molecular weight is 305 g/mol. The Kier molecular flexibility index (Phi) is 5.91. The van der Waals surface area contributed by atoms with E-state index in [4.69, 9.17) is 33.7 Å². The molecule has 1 atom stereocenters. The topological polar surface area (TPSA) is 64.3 Å². The smallest absolute Gasteiger partial charge is 0.253 e. The molecule has 0 saturated heterocycles. The molecule has 4 nitrogen and oxygen atoms in total. The van der Waals surface area contributed by atoms with E-state index in [1.54, 1.807) is 6.92 Å². The molecular formula is C13H18Cl2N2O2. The molecule has 0 saturated carbocycles. The van der Waals surface area contributed by atoms with Gasteiger partial charge < -0.3 is 15.8 Å².